The molecule has 0 spiro atoms. The number of rotatable bonds is 7. The Bertz CT molecular complexity index is 249. The third kappa shape index (κ3) is 5.09. The molecule has 0 bridgehead atoms. The van der Waals surface area contributed by atoms with Crippen molar-refractivity contribution in [3.05, 3.63) is 11.8 Å². The van der Waals surface area contributed by atoms with Crippen LogP contribution in [0.1, 0.15) is 54.4 Å². The molecular formula is C14H30N2O. The molecule has 4 N–H and O–H groups in total. The van der Waals surface area contributed by atoms with Gasteiger partial charge in [0.1, 0.15) is 0 Å². The molecule has 0 radical (unpaired) electrons. The van der Waals surface area contributed by atoms with Crippen molar-refractivity contribution in [2.45, 2.75) is 66.0 Å². The van der Waals surface area contributed by atoms with E-state index in [1.54, 1.807) is 0 Å². The fraction of sp³-hybridized carbons (Fsp3) is 0.857. The van der Waals surface area contributed by atoms with Crippen LogP contribution in [0.25, 0.3) is 0 Å². The summed E-state index contributed by atoms with van der Waals surface area (Å²) >= 11 is 0. The average molecular weight is 242 g/mol. The van der Waals surface area contributed by atoms with Crippen LogP contribution in [0.5, 0.6) is 0 Å². The summed E-state index contributed by atoms with van der Waals surface area (Å²) in [5, 5.41) is 0. The van der Waals surface area contributed by atoms with Crippen LogP contribution in [0.3, 0.4) is 0 Å². The van der Waals surface area contributed by atoms with Crippen LogP contribution in [0, 0.1) is 5.41 Å². The van der Waals surface area contributed by atoms with E-state index in [0.29, 0.717) is 6.61 Å². The average Bonchev–Trinajstić information content (AvgIpc) is 2.15. The first-order valence-electron chi connectivity index (χ1n) is 6.47. The van der Waals surface area contributed by atoms with E-state index in [-0.39, 0.29) is 17.0 Å². The van der Waals surface area contributed by atoms with Crippen LogP contribution in [0.2, 0.25) is 0 Å². The highest BCUT2D eigenvalue weighted by Crippen LogP contribution is 2.36. The van der Waals surface area contributed by atoms with Gasteiger partial charge in [-0.05, 0) is 46.6 Å². The molecule has 1 atom stereocenters. The van der Waals surface area contributed by atoms with Crippen molar-refractivity contribution in [1.29, 1.82) is 0 Å². The molecule has 0 aromatic rings. The lowest BCUT2D eigenvalue weighted by molar-refractivity contribution is 0.0975. The minimum Gasteiger partial charge on any atom is -0.498 e. The van der Waals surface area contributed by atoms with Gasteiger partial charge in [-0.2, -0.15) is 0 Å². The van der Waals surface area contributed by atoms with Gasteiger partial charge in [0, 0.05) is 17.0 Å². The van der Waals surface area contributed by atoms with E-state index in [9.17, 15) is 0 Å². The van der Waals surface area contributed by atoms with Gasteiger partial charge < -0.3 is 16.2 Å². The summed E-state index contributed by atoms with van der Waals surface area (Å²) in [4.78, 5) is 0. The fourth-order valence-corrected chi connectivity index (χ4v) is 1.53. The molecule has 0 aromatic carbocycles. The van der Waals surface area contributed by atoms with E-state index in [0.717, 1.165) is 18.6 Å². The molecule has 1 unspecified atom stereocenters. The maximum Gasteiger partial charge on any atom is 0.0991 e. The van der Waals surface area contributed by atoms with Crippen LogP contribution in [0.15, 0.2) is 11.8 Å². The Hall–Kier alpha value is -0.540. The molecule has 0 aliphatic carbocycles. The molecule has 0 rings (SSSR count). The number of hydrogen-bond donors (Lipinski definition) is 2. The highest BCUT2D eigenvalue weighted by Gasteiger charge is 2.37. The maximum absolute atomic E-state index is 6.20. The Kier molecular flexibility index (Phi) is 6.20. The second kappa shape index (κ2) is 6.41. The topological polar surface area (TPSA) is 61.3 Å². The summed E-state index contributed by atoms with van der Waals surface area (Å²) in [6, 6.07) is 0.242. The molecule has 0 fully saturated rings. The van der Waals surface area contributed by atoms with Gasteiger partial charge in [-0.3, -0.25) is 0 Å². The van der Waals surface area contributed by atoms with Gasteiger partial charge in [-0.25, -0.2) is 0 Å². The lowest BCUT2D eigenvalue weighted by Crippen LogP contribution is -2.48. The number of allylic oxidation sites excluding steroid dienone is 1. The van der Waals surface area contributed by atoms with Crippen molar-refractivity contribution in [3.63, 3.8) is 0 Å². The fourth-order valence-electron chi connectivity index (χ4n) is 1.53. The Labute approximate surface area is 107 Å². The van der Waals surface area contributed by atoms with E-state index >= 15 is 0 Å². The molecule has 0 saturated heterocycles. The zero-order valence-electron chi connectivity index (χ0n) is 12.3. The molecule has 0 heterocycles. The highest BCUT2D eigenvalue weighted by atomic mass is 16.5. The Morgan fingerprint density at radius 1 is 1.29 bits per heavy atom. The van der Waals surface area contributed by atoms with Crippen molar-refractivity contribution in [2.75, 3.05) is 6.61 Å². The highest BCUT2D eigenvalue weighted by molar-refractivity contribution is 5.12. The van der Waals surface area contributed by atoms with Gasteiger partial charge in [0.05, 0.1) is 12.4 Å². The molecule has 3 heteroatoms. The first-order chi connectivity index (χ1) is 7.63. The quantitative estimate of drug-likeness (QED) is 0.533. The molecular weight excluding hydrogens is 212 g/mol. The van der Waals surface area contributed by atoms with Crippen LogP contribution in [-0.2, 0) is 4.74 Å². The zero-order valence-corrected chi connectivity index (χ0v) is 12.3. The number of nitrogens with two attached hydrogens (primary N) is 2. The predicted molar refractivity (Wildman–Crippen MR) is 74.6 cm³/mol. The molecule has 0 aromatic heterocycles. The van der Waals surface area contributed by atoms with Crippen molar-refractivity contribution in [3.8, 4) is 0 Å². The smallest absolute Gasteiger partial charge is 0.0991 e. The third-order valence-corrected chi connectivity index (χ3v) is 3.55. The minimum absolute atomic E-state index is 0.171. The zero-order chi connectivity index (χ0) is 13.7. The molecule has 102 valence electrons. The van der Waals surface area contributed by atoms with E-state index < -0.39 is 0 Å². The van der Waals surface area contributed by atoms with Crippen molar-refractivity contribution >= 4 is 0 Å². The second-order valence-corrected chi connectivity index (χ2v) is 5.97. The van der Waals surface area contributed by atoms with E-state index in [2.05, 4.69) is 13.8 Å². The Morgan fingerprint density at radius 2 is 1.82 bits per heavy atom. The standard InChI is InChI=1S/C14H30N2O/c1-7-12(13(3,4)14(5,6)16)17-10-8-9-11(2)15/h7,11H,8-10,15-16H2,1-6H3/b12-7-. The van der Waals surface area contributed by atoms with Gasteiger partial charge in [0.15, 0.2) is 0 Å². The number of ether oxygens (including phenoxy) is 1. The normalized spacial score (nSPS) is 15.9. The van der Waals surface area contributed by atoms with Gasteiger partial charge >= 0.3 is 0 Å². The van der Waals surface area contributed by atoms with Gasteiger partial charge in [0.25, 0.3) is 0 Å². The summed E-state index contributed by atoms with van der Waals surface area (Å²) < 4.78 is 5.86. The predicted octanol–water partition coefficient (Wildman–Crippen LogP) is 2.80. The lowest BCUT2D eigenvalue weighted by atomic mass is 9.73. The van der Waals surface area contributed by atoms with Crippen LogP contribution in [-0.4, -0.2) is 18.2 Å². The van der Waals surface area contributed by atoms with E-state index in [1.807, 2.05) is 33.8 Å². The number of hydrogen-bond acceptors (Lipinski definition) is 3. The summed E-state index contributed by atoms with van der Waals surface area (Å²) in [6.45, 7) is 13.0. The summed E-state index contributed by atoms with van der Waals surface area (Å²) in [6.07, 6.45) is 3.99. The van der Waals surface area contributed by atoms with Crippen molar-refractivity contribution in [2.24, 2.45) is 16.9 Å². The minimum atomic E-state index is -0.310. The van der Waals surface area contributed by atoms with Crippen LogP contribution >= 0.6 is 0 Å². The van der Waals surface area contributed by atoms with Gasteiger partial charge in [-0.15, -0.1) is 0 Å². The largest absolute Gasteiger partial charge is 0.498 e. The van der Waals surface area contributed by atoms with Crippen LogP contribution < -0.4 is 11.5 Å². The first kappa shape index (κ1) is 16.5. The second-order valence-electron chi connectivity index (χ2n) is 5.97. The molecule has 0 saturated carbocycles. The molecule has 17 heavy (non-hydrogen) atoms. The van der Waals surface area contributed by atoms with Crippen LogP contribution in [0.4, 0.5) is 0 Å². The lowest BCUT2D eigenvalue weighted by Gasteiger charge is -2.40. The Morgan fingerprint density at radius 3 is 2.18 bits per heavy atom. The van der Waals surface area contributed by atoms with E-state index in [4.69, 9.17) is 16.2 Å². The SMILES string of the molecule is C/C=C(\OCCCC(C)N)C(C)(C)C(C)(C)N. The van der Waals surface area contributed by atoms with E-state index in [1.165, 1.54) is 0 Å². The summed E-state index contributed by atoms with van der Waals surface area (Å²) in [5.41, 5.74) is 11.4. The molecule has 3 nitrogen and oxygen atoms in total. The van der Waals surface area contributed by atoms with Crippen molar-refractivity contribution in [1.82, 2.24) is 0 Å². The monoisotopic (exact) mass is 242 g/mol. The summed E-state index contributed by atoms with van der Waals surface area (Å²) in [7, 11) is 0. The molecule has 0 aliphatic rings. The first-order valence-corrected chi connectivity index (χ1v) is 6.47. The molecule has 0 amide bonds. The maximum atomic E-state index is 6.20. The Balaban J connectivity index is 4.36. The van der Waals surface area contributed by atoms with Gasteiger partial charge in [0.2, 0.25) is 0 Å². The summed E-state index contributed by atoms with van der Waals surface area (Å²) in [5.74, 6) is 0.967. The van der Waals surface area contributed by atoms with Gasteiger partial charge in [-0.1, -0.05) is 13.8 Å². The van der Waals surface area contributed by atoms with Crippen molar-refractivity contribution < 1.29 is 4.74 Å². The molecule has 0 aliphatic heterocycles. The third-order valence-electron chi connectivity index (χ3n) is 3.55.